The Morgan fingerprint density at radius 3 is 2.19 bits per heavy atom. The molecule has 2 aromatic rings. The van der Waals surface area contributed by atoms with E-state index in [-0.39, 0.29) is 74.6 Å². The second-order valence-electron chi connectivity index (χ2n) is 14.1. The molecule has 13 heteroatoms. The largest absolute Gasteiger partial charge is 0.422 e. The van der Waals surface area contributed by atoms with Crippen molar-refractivity contribution in [2.45, 2.75) is 102 Å². The Labute approximate surface area is 280 Å². The average molecular weight is 670 g/mol. The van der Waals surface area contributed by atoms with Crippen molar-refractivity contribution in [1.29, 1.82) is 0 Å². The Hall–Kier alpha value is -3.26. The number of benzene rings is 2. The van der Waals surface area contributed by atoms with Gasteiger partial charge in [-0.15, -0.1) is 0 Å². The summed E-state index contributed by atoms with van der Waals surface area (Å²) in [6, 6.07) is 8.69. The molecule has 48 heavy (non-hydrogen) atoms. The summed E-state index contributed by atoms with van der Waals surface area (Å²) in [5.74, 6) is -0.556. The lowest BCUT2D eigenvalue weighted by atomic mass is 9.63. The van der Waals surface area contributed by atoms with Gasteiger partial charge in [0.2, 0.25) is 11.8 Å². The highest BCUT2D eigenvalue weighted by Gasteiger charge is 2.53. The molecule has 3 aliphatic rings. The van der Waals surface area contributed by atoms with Gasteiger partial charge in [-0.2, -0.15) is 13.2 Å². The quantitative estimate of drug-likeness (QED) is 0.239. The minimum absolute atomic E-state index is 0.0362. The van der Waals surface area contributed by atoms with E-state index in [0.717, 1.165) is 41.6 Å². The highest BCUT2D eigenvalue weighted by atomic mass is 19.4. The molecule has 3 heterocycles. The second kappa shape index (κ2) is 14.3. The van der Waals surface area contributed by atoms with Crippen LogP contribution in [-0.4, -0.2) is 66.7 Å². The highest BCUT2D eigenvalue weighted by Crippen LogP contribution is 2.45. The smallest absolute Gasteiger partial charge is 0.416 e. The van der Waals surface area contributed by atoms with Crippen LogP contribution >= 0.6 is 0 Å². The van der Waals surface area contributed by atoms with Crippen molar-refractivity contribution in [3.63, 3.8) is 0 Å². The van der Waals surface area contributed by atoms with Crippen LogP contribution in [0.5, 0.6) is 0 Å². The first-order chi connectivity index (χ1) is 22.6. The third kappa shape index (κ3) is 7.49. The van der Waals surface area contributed by atoms with Crippen molar-refractivity contribution in [1.82, 2.24) is 10.2 Å². The van der Waals surface area contributed by atoms with Crippen LogP contribution in [0.4, 0.5) is 13.2 Å². The van der Waals surface area contributed by atoms with Gasteiger partial charge in [0.25, 0.3) is 0 Å². The number of alkyl halides is 3. The molecule has 0 saturated carbocycles. The first kappa shape index (κ1) is 36.0. The average Bonchev–Trinajstić information content (AvgIpc) is 3.67. The fraction of sp³-hybridized carbons (Fsp3) is 0.571. The number of nitrogens with zero attached hydrogens (tertiary/aromatic N) is 1. The van der Waals surface area contributed by atoms with E-state index < -0.39 is 35.3 Å². The summed E-state index contributed by atoms with van der Waals surface area (Å²) in [6.45, 7) is 6.73. The fourth-order valence-corrected chi connectivity index (χ4v) is 8.11. The predicted octanol–water partition coefficient (Wildman–Crippen LogP) is 2.66. The number of carbonyl (C=O) groups is 3. The molecule has 260 valence electrons. The number of nitrogens with two attached hydrogens (primary N) is 3. The number of ketones is 1. The van der Waals surface area contributed by atoms with E-state index in [4.69, 9.17) is 21.9 Å². The first-order valence-corrected chi connectivity index (χ1v) is 16.9. The van der Waals surface area contributed by atoms with Gasteiger partial charge < -0.3 is 32.1 Å². The van der Waals surface area contributed by atoms with Crippen LogP contribution in [0.15, 0.2) is 42.5 Å². The molecule has 6 atom stereocenters. The minimum atomic E-state index is -4.46. The Kier molecular flexibility index (Phi) is 10.7. The van der Waals surface area contributed by atoms with Crippen molar-refractivity contribution in [3.8, 4) is 0 Å². The second-order valence-corrected chi connectivity index (χ2v) is 14.1. The molecule has 0 aliphatic carbocycles. The van der Waals surface area contributed by atoms with Crippen molar-refractivity contribution in [2.75, 3.05) is 13.1 Å². The Morgan fingerprint density at radius 1 is 1.00 bits per heavy atom. The molecule has 3 aliphatic heterocycles. The third-order valence-corrected chi connectivity index (χ3v) is 10.6. The number of aryl methyl sites for hydroxylation is 1. The number of nitrogens with one attached hydrogen (secondary N) is 1. The Balaban J connectivity index is 1.24. The molecule has 2 aromatic carbocycles. The van der Waals surface area contributed by atoms with Gasteiger partial charge in [-0.25, -0.2) is 0 Å². The van der Waals surface area contributed by atoms with Gasteiger partial charge in [0.05, 0.1) is 23.2 Å². The number of rotatable bonds is 13. The maximum absolute atomic E-state index is 13.7. The van der Waals surface area contributed by atoms with Crippen LogP contribution in [0.2, 0.25) is 6.82 Å². The Bertz CT molecular complexity index is 1490. The van der Waals surface area contributed by atoms with Crippen molar-refractivity contribution in [2.24, 2.45) is 29.0 Å². The standard InChI is InChI=1S/C35H47BF3N5O4/c1-34(2)25-10-6-21(16-26(25)36(3)48-34)17-31(45)28(12-7-20-4-8-22(9-5-20)35(37,38)39)43-33(47)27(42)11-15-32(46)44-29-13-14-30(44)24(19-41)23(29)18-40/h4-6,8-10,16,23-24,27-30H,7,11-15,17-19,40-42H2,1-3H3,(H,43,47)/t23-,24+,27-,28+,29?,30?/m0/s1. The molecule has 2 fully saturated rings. The molecule has 0 aromatic heterocycles. The van der Waals surface area contributed by atoms with Crippen LogP contribution in [0, 0.1) is 11.8 Å². The molecule has 2 bridgehead atoms. The number of hydrogen-bond acceptors (Lipinski definition) is 7. The Morgan fingerprint density at radius 2 is 1.60 bits per heavy atom. The van der Waals surface area contributed by atoms with Gasteiger partial charge in [-0.3, -0.25) is 14.4 Å². The summed E-state index contributed by atoms with van der Waals surface area (Å²) in [6.07, 6.45) is -2.05. The number of fused-ring (bicyclic) bond motifs is 3. The number of amides is 2. The normalized spacial score (nSPS) is 24.0. The van der Waals surface area contributed by atoms with Crippen molar-refractivity contribution >= 4 is 30.0 Å². The van der Waals surface area contributed by atoms with Crippen LogP contribution < -0.4 is 28.0 Å². The van der Waals surface area contributed by atoms with E-state index in [1.165, 1.54) is 12.1 Å². The zero-order chi connectivity index (χ0) is 35.0. The maximum atomic E-state index is 13.7. The van der Waals surface area contributed by atoms with E-state index >= 15 is 0 Å². The van der Waals surface area contributed by atoms with Crippen molar-refractivity contribution in [3.05, 3.63) is 64.7 Å². The first-order valence-electron chi connectivity index (χ1n) is 16.9. The number of hydrogen-bond donors (Lipinski definition) is 4. The van der Waals surface area contributed by atoms with E-state index in [0.29, 0.717) is 18.7 Å². The highest BCUT2D eigenvalue weighted by molar-refractivity contribution is 6.67. The van der Waals surface area contributed by atoms with E-state index in [1.807, 2.05) is 43.8 Å². The SMILES string of the molecule is CB1OC(C)(C)c2ccc(CC(=O)[C@@H](CCc3ccc(C(F)(F)F)cc3)NC(=O)[C@@H](N)CCC(=O)N3C4CCC3[C@H](CN)[C@@H]4CN)cc21. The molecule has 9 nitrogen and oxygen atoms in total. The predicted molar refractivity (Wildman–Crippen MR) is 178 cm³/mol. The molecule has 7 N–H and O–H groups in total. The maximum Gasteiger partial charge on any atom is 0.416 e. The summed E-state index contributed by atoms with van der Waals surface area (Å²) >= 11 is 0. The van der Waals surface area contributed by atoms with Gasteiger partial charge in [0, 0.05) is 24.9 Å². The van der Waals surface area contributed by atoms with E-state index in [1.54, 1.807) is 0 Å². The zero-order valence-corrected chi connectivity index (χ0v) is 27.9. The van der Waals surface area contributed by atoms with Gasteiger partial charge in [0.15, 0.2) is 5.78 Å². The molecule has 2 saturated heterocycles. The lowest BCUT2D eigenvalue weighted by Gasteiger charge is -2.25. The molecule has 5 rings (SSSR count). The molecule has 2 amide bonds. The lowest BCUT2D eigenvalue weighted by Crippen LogP contribution is -2.49. The summed E-state index contributed by atoms with van der Waals surface area (Å²) in [5, 5.41) is 2.80. The van der Waals surface area contributed by atoms with Crippen LogP contribution in [-0.2, 0) is 43.7 Å². The third-order valence-electron chi connectivity index (χ3n) is 10.6. The van der Waals surface area contributed by atoms with Crippen LogP contribution in [0.3, 0.4) is 0 Å². The molecule has 0 spiro atoms. The number of carbonyl (C=O) groups excluding carboxylic acids is 3. The lowest BCUT2D eigenvalue weighted by molar-refractivity contribution is -0.137. The van der Waals surface area contributed by atoms with E-state index in [2.05, 4.69) is 5.32 Å². The zero-order valence-electron chi connectivity index (χ0n) is 27.9. The molecular formula is C35H47BF3N5O4. The summed E-state index contributed by atoms with van der Waals surface area (Å²) < 4.78 is 45.3. The molecule has 2 unspecified atom stereocenters. The summed E-state index contributed by atoms with van der Waals surface area (Å²) in [5.41, 5.74) is 20.5. The number of halogens is 3. The summed E-state index contributed by atoms with van der Waals surface area (Å²) in [7, 11) is 0. The van der Waals surface area contributed by atoms with Crippen LogP contribution in [0.1, 0.15) is 68.2 Å². The van der Waals surface area contributed by atoms with Crippen LogP contribution in [0.25, 0.3) is 0 Å². The number of Topliss-reactive ketones (excluding diaryl/α,β-unsaturated/α-hetero) is 1. The minimum Gasteiger partial charge on any atom is -0.422 e. The molecular weight excluding hydrogens is 622 g/mol. The van der Waals surface area contributed by atoms with E-state index in [9.17, 15) is 27.6 Å². The fourth-order valence-electron chi connectivity index (χ4n) is 8.11. The van der Waals surface area contributed by atoms with Gasteiger partial charge in [0.1, 0.15) is 0 Å². The van der Waals surface area contributed by atoms with Gasteiger partial charge in [-0.1, -0.05) is 37.2 Å². The topological polar surface area (TPSA) is 154 Å². The van der Waals surface area contributed by atoms with Crippen molar-refractivity contribution < 1.29 is 32.2 Å². The van der Waals surface area contributed by atoms with Gasteiger partial charge >= 0.3 is 13.1 Å². The molecule has 0 radical (unpaired) electrons. The summed E-state index contributed by atoms with van der Waals surface area (Å²) in [4.78, 5) is 42.2. The van der Waals surface area contributed by atoms with Gasteiger partial charge in [-0.05, 0) is 105 Å². The monoisotopic (exact) mass is 669 g/mol.